The van der Waals surface area contributed by atoms with Crippen molar-refractivity contribution in [3.63, 3.8) is 0 Å². The predicted molar refractivity (Wildman–Crippen MR) is 143 cm³/mol. The molecule has 6 rings (SSSR count). The molecule has 2 bridgehead atoms. The lowest BCUT2D eigenvalue weighted by Crippen LogP contribution is -2.55. The van der Waals surface area contributed by atoms with E-state index in [4.69, 9.17) is 26.4 Å². The number of nitrogens with zero attached hydrogens (tertiary/aromatic N) is 2. The van der Waals surface area contributed by atoms with Gasteiger partial charge in [-0.1, -0.05) is 6.08 Å². The zero-order valence-corrected chi connectivity index (χ0v) is 21.0. The van der Waals surface area contributed by atoms with Gasteiger partial charge in [-0.2, -0.15) is 0 Å². The molecule has 0 amide bonds. The van der Waals surface area contributed by atoms with Gasteiger partial charge < -0.3 is 19.5 Å². The number of thiocarbonyl (C=S) groups is 1. The van der Waals surface area contributed by atoms with Gasteiger partial charge in [0.2, 0.25) is 0 Å². The average molecular weight is 490 g/mol. The maximum absolute atomic E-state index is 6.59. The minimum absolute atomic E-state index is 0.206. The van der Waals surface area contributed by atoms with Crippen molar-refractivity contribution in [2.24, 2.45) is 11.8 Å². The van der Waals surface area contributed by atoms with Crippen molar-refractivity contribution in [1.82, 2.24) is 9.88 Å². The first-order valence-electron chi connectivity index (χ1n) is 12.0. The summed E-state index contributed by atoms with van der Waals surface area (Å²) in [6.45, 7) is 6.14. The van der Waals surface area contributed by atoms with Crippen LogP contribution in [0.1, 0.15) is 24.5 Å². The van der Waals surface area contributed by atoms with Crippen LogP contribution in [0.3, 0.4) is 0 Å². The highest BCUT2D eigenvalue weighted by Crippen LogP contribution is 2.43. The highest BCUT2D eigenvalue weighted by Gasteiger charge is 2.44. The molecule has 3 aromatic rings. The van der Waals surface area contributed by atoms with E-state index in [-0.39, 0.29) is 12.1 Å². The van der Waals surface area contributed by atoms with Crippen LogP contribution in [0.15, 0.2) is 67.4 Å². The molecule has 0 saturated carbocycles. The first-order valence-corrected chi connectivity index (χ1v) is 12.4. The highest BCUT2D eigenvalue weighted by molar-refractivity contribution is 7.80. The van der Waals surface area contributed by atoms with Gasteiger partial charge in [0.25, 0.3) is 5.17 Å². The van der Waals surface area contributed by atoms with Gasteiger partial charge in [0.15, 0.2) is 0 Å². The van der Waals surface area contributed by atoms with Crippen molar-refractivity contribution >= 4 is 34.0 Å². The van der Waals surface area contributed by atoms with E-state index in [1.165, 1.54) is 6.42 Å². The molecule has 3 saturated heterocycles. The summed E-state index contributed by atoms with van der Waals surface area (Å²) in [7, 11) is 3.33. The molecule has 0 radical (unpaired) electrons. The Hall–Kier alpha value is -3.16. The lowest BCUT2D eigenvalue weighted by molar-refractivity contribution is -0.0386. The molecule has 6 nitrogen and oxygen atoms in total. The summed E-state index contributed by atoms with van der Waals surface area (Å²) >= 11 is 5.71. The predicted octanol–water partition coefficient (Wildman–Crippen LogP) is 5.60. The molecular weight excluding hydrogens is 458 g/mol. The second-order valence-electron chi connectivity index (χ2n) is 9.21. The molecule has 3 aliphatic rings. The fourth-order valence-corrected chi connectivity index (χ4v) is 5.72. The third-order valence-corrected chi connectivity index (χ3v) is 7.56. The quantitative estimate of drug-likeness (QED) is 0.342. The smallest absolute Gasteiger partial charge is 0.261 e. The van der Waals surface area contributed by atoms with Crippen molar-refractivity contribution in [2.75, 3.05) is 32.6 Å². The number of ether oxygens (including phenoxy) is 3. The molecule has 3 aliphatic heterocycles. The zero-order chi connectivity index (χ0) is 24.4. The molecule has 5 atom stereocenters. The van der Waals surface area contributed by atoms with Crippen LogP contribution in [0.5, 0.6) is 11.5 Å². The summed E-state index contributed by atoms with van der Waals surface area (Å²) in [5.41, 5.74) is 2.83. The van der Waals surface area contributed by atoms with E-state index in [1.807, 2.05) is 48.7 Å². The molecule has 0 aliphatic carbocycles. The van der Waals surface area contributed by atoms with Gasteiger partial charge in [-0.15, -0.1) is 6.58 Å². The second kappa shape index (κ2) is 10.2. The molecular formula is C28H31N3O3S. The van der Waals surface area contributed by atoms with Crippen molar-refractivity contribution in [3.8, 4) is 11.5 Å². The Morgan fingerprint density at radius 2 is 1.91 bits per heavy atom. The molecule has 1 N–H and O–H groups in total. The van der Waals surface area contributed by atoms with Crippen LogP contribution in [0, 0.1) is 11.8 Å². The fraction of sp³-hybridized carbons (Fsp3) is 0.357. The largest absolute Gasteiger partial charge is 0.497 e. The molecule has 3 fully saturated rings. The molecule has 1 aromatic heterocycles. The summed E-state index contributed by atoms with van der Waals surface area (Å²) in [5.74, 6) is 2.72. The van der Waals surface area contributed by atoms with Crippen molar-refractivity contribution < 1.29 is 14.2 Å². The molecule has 35 heavy (non-hydrogen) atoms. The average Bonchev–Trinajstić information content (AvgIpc) is 2.91. The number of nitrogens with one attached hydrogen (secondary N) is 1. The number of methoxy groups -OCH3 is 2. The molecule has 182 valence electrons. The number of benzene rings is 2. The first-order chi connectivity index (χ1) is 17.1. The SMILES string of the molecule is C=CC1CN2CCC1CC2[C@H](OC(=S)Nc1ccc(OC)cc1)c1ccnc2ccc(OC)cc12. The number of hydrogen-bond acceptors (Lipinski definition) is 6. The maximum Gasteiger partial charge on any atom is 0.261 e. The Morgan fingerprint density at radius 1 is 1.14 bits per heavy atom. The Kier molecular flexibility index (Phi) is 6.88. The summed E-state index contributed by atoms with van der Waals surface area (Å²) in [6, 6.07) is 15.9. The van der Waals surface area contributed by atoms with Crippen LogP contribution in [0.2, 0.25) is 0 Å². The van der Waals surface area contributed by atoms with Crippen LogP contribution in [0.4, 0.5) is 5.69 Å². The van der Waals surface area contributed by atoms with Gasteiger partial charge in [-0.3, -0.25) is 9.88 Å². The van der Waals surface area contributed by atoms with Crippen LogP contribution in [-0.2, 0) is 4.74 Å². The van der Waals surface area contributed by atoms with Gasteiger partial charge in [-0.05, 0) is 92.0 Å². The Labute approximate surface area is 211 Å². The first kappa shape index (κ1) is 23.6. The van der Waals surface area contributed by atoms with E-state index in [9.17, 15) is 0 Å². The molecule has 7 heteroatoms. The summed E-state index contributed by atoms with van der Waals surface area (Å²) in [4.78, 5) is 7.12. The summed E-state index contributed by atoms with van der Waals surface area (Å²) in [5, 5.41) is 4.61. The fourth-order valence-electron chi connectivity index (χ4n) is 5.50. The van der Waals surface area contributed by atoms with Crippen LogP contribution in [-0.4, -0.2) is 48.4 Å². The summed E-state index contributed by atoms with van der Waals surface area (Å²) in [6.07, 6.45) is 5.95. The van der Waals surface area contributed by atoms with Crippen molar-refractivity contribution in [3.05, 3.63) is 72.9 Å². The zero-order valence-electron chi connectivity index (χ0n) is 20.1. The third kappa shape index (κ3) is 4.83. The van der Waals surface area contributed by atoms with E-state index in [1.54, 1.807) is 14.2 Å². The minimum atomic E-state index is -0.251. The number of rotatable bonds is 7. The van der Waals surface area contributed by atoms with Crippen LogP contribution >= 0.6 is 12.2 Å². The Morgan fingerprint density at radius 3 is 2.60 bits per heavy atom. The maximum atomic E-state index is 6.59. The lowest BCUT2D eigenvalue weighted by atomic mass is 9.73. The standard InChI is InChI=1S/C28H31N3O3S/c1-4-18-17-31-14-12-19(18)15-26(31)27(34-28(35)30-20-5-7-21(32-2)8-6-20)23-11-13-29-25-10-9-22(33-3)16-24(23)25/h4-11,13,16,18-19,26-27H,1,12,14-15,17H2,2-3H3,(H,30,35)/t18?,19?,26?,27-/m1/s1. The molecule has 2 aromatic carbocycles. The summed E-state index contributed by atoms with van der Waals surface area (Å²) < 4.78 is 17.4. The number of piperidine rings is 3. The van der Waals surface area contributed by atoms with Crippen LogP contribution < -0.4 is 14.8 Å². The minimum Gasteiger partial charge on any atom is -0.497 e. The number of fused-ring (bicyclic) bond motifs is 4. The normalized spacial score (nSPS) is 23.9. The van der Waals surface area contributed by atoms with Gasteiger partial charge in [0.05, 0.1) is 25.8 Å². The van der Waals surface area contributed by atoms with E-state index in [2.05, 4.69) is 33.9 Å². The third-order valence-electron chi connectivity index (χ3n) is 7.36. The van der Waals surface area contributed by atoms with Gasteiger partial charge in [-0.25, -0.2) is 0 Å². The Balaban J connectivity index is 1.48. The second-order valence-corrected chi connectivity index (χ2v) is 9.58. The Bertz CT molecular complexity index is 1220. The van der Waals surface area contributed by atoms with Gasteiger partial charge >= 0.3 is 0 Å². The number of anilines is 1. The number of pyridine rings is 1. The van der Waals surface area contributed by atoms with E-state index in [0.29, 0.717) is 17.0 Å². The number of aromatic nitrogens is 1. The topological polar surface area (TPSA) is 55.9 Å². The van der Waals surface area contributed by atoms with Gasteiger partial charge in [0, 0.05) is 29.4 Å². The monoisotopic (exact) mass is 489 g/mol. The van der Waals surface area contributed by atoms with E-state index < -0.39 is 0 Å². The lowest BCUT2D eigenvalue weighted by Gasteiger charge is -2.51. The van der Waals surface area contributed by atoms with E-state index >= 15 is 0 Å². The number of hydrogen-bond donors (Lipinski definition) is 1. The van der Waals surface area contributed by atoms with Crippen LogP contribution in [0.25, 0.3) is 10.9 Å². The van der Waals surface area contributed by atoms with Gasteiger partial charge in [0.1, 0.15) is 17.6 Å². The molecule has 0 spiro atoms. The highest BCUT2D eigenvalue weighted by atomic mass is 32.1. The molecule has 4 unspecified atom stereocenters. The van der Waals surface area contributed by atoms with E-state index in [0.717, 1.165) is 53.2 Å². The molecule has 4 heterocycles. The van der Waals surface area contributed by atoms with Crippen molar-refractivity contribution in [1.29, 1.82) is 0 Å². The van der Waals surface area contributed by atoms with Crippen molar-refractivity contribution in [2.45, 2.75) is 25.0 Å².